The highest BCUT2D eigenvalue weighted by Crippen LogP contribution is 2.21. The smallest absolute Gasteiger partial charge is 0.239 e. The first-order valence-corrected chi connectivity index (χ1v) is 7.02. The van der Waals surface area contributed by atoms with Crippen molar-refractivity contribution in [2.75, 3.05) is 26.7 Å². The minimum absolute atomic E-state index is 0.0606. The van der Waals surface area contributed by atoms with Gasteiger partial charge in [0.25, 0.3) is 0 Å². The van der Waals surface area contributed by atoms with E-state index in [0.717, 1.165) is 19.6 Å². The average Bonchev–Trinajstić information content (AvgIpc) is 2.72. The molecule has 4 nitrogen and oxygen atoms in total. The zero-order chi connectivity index (χ0) is 13.9. The summed E-state index contributed by atoms with van der Waals surface area (Å²) in [6.45, 7) is 11.2. The van der Waals surface area contributed by atoms with Crippen LogP contribution in [-0.4, -0.2) is 54.5 Å². The first-order chi connectivity index (χ1) is 8.27. The molecule has 0 aromatic carbocycles. The molecule has 1 unspecified atom stereocenters. The standard InChI is InChI=1S/C14H29N3O/c1-6-17-9-7-8-11(17)10-16(5)13(18)12(15)14(2,3)4/h11-12H,6-10,15H2,1-5H3/t11?,12-/m0/s1. The van der Waals surface area contributed by atoms with Gasteiger partial charge in [-0.2, -0.15) is 0 Å². The summed E-state index contributed by atoms with van der Waals surface area (Å²) in [4.78, 5) is 16.5. The Morgan fingerprint density at radius 2 is 2.11 bits per heavy atom. The van der Waals surface area contributed by atoms with Gasteiger partial charge in [0.05, 0.1) is 6.04 Å². The number of amides is 1. The van der Waals surface area contributed by atoms with E-state index in [4.69, 9.17) is 5.73 Å². The monoisotopic (exact) mass is 255 g/mol. The van der Waals surface area contributed by atoms with Gasteiger partial charge >= 0.3 is 0 Å². The fourth-order valence-corrected chi connectivity index (χ4v) is 2.53. The summed E-state index contributed by atoms with van der Waals surface area (Å²) in [5.74, 6) is 0.0606. The number of hydrogen-bond acceptors (Lipinski definition) is 3. The lowest BCUT2D eigenvalue weighted by Crippen LogP contribution is -2.51. The second-order valence-corrected chi connectivity index (χ2v) is 6.49. The van der Waals surface area contributed by atoms with Gasteiger partial charge in [0.2, 0.25) is 5.91 Å². The third-order valence-corrected chi connectivity index (χ3v) is 3.97. The number of carbonyl (C=O) groups is 1. The lowest BCUT2D eigenvalue weighted by atomic mass is 9.86. The lowest BCUT2D eigenvalue weighted by molar-refractivity contribution is -0.134. The molecule has 1 amide bonds. The molecular formula is C14H29N3O. The van der Waals surface area contributed by atoms with Crippen LogP contribution in [0.25, 0.3) is 0 Å². The van der Waals surface area contributed by atoms with Crippen LogP contribution >= 0.6 is 0 Å². The molecule has 2 N–H and O–H groups in total. The van der Waals surface area contributed by atoms with Crippen molar-refractivity contribution in [3.8, 4) is 0 Å². The molecule has 18 heavy (non-hydrogen) atoms. The maximum Gasteiger partial charge on any atom is 0.239 e. The van der Waals surface area contributed by atoms with Crippen molar-refractivity contribution in [3.63, 3.8) is 0 Å². The van der Waals surface area contributed by atoms with Gasteiger partial charge in [0.15, 0.2) is 0 Å². The summed E-state index contributed by atoms with van der Waals surface area (Å²) in [6, 6.07) is 0.0927. The van der Waals surface area contributed by atoms with E-state index >= 15 is 0 Å². The summed E-state index contributed by atoms with van der Waals surface area (Å²) in [7, 11) is 1.88. The van der Waals surface area contributed by atoms with Crippen LogP contribution in [0.5, 0.6) is 0 Å². The van der Waals surface area contributed by atoms with E-state index in [1.807, 2.05) is 32.7 Å². The number of hydrogen-bond donors (Lipinski definition) is 1. The number of rotatable bonds is 4. The van der Waals surface area contributed by atoms with Gasteiger partial charge in [-0.3, -0.25) is 9.69 Å². The van der Waals surface area contributed by atoms with Crippen LogP contribution in [-0.2, 0) is 4.79 Å². The number of likely N-dealkylation sites (tertiary alicyclic amines) is 1. The van der Waals surface area contributed by atoms with Gasteiger partial charge in [-0.05, 0) is 31.3 Å². The van der Waals surface area contributed by atoms with Gasteiger partial charge < -0.3 is 10.6 Å². The van der Waals surface area contributed by atoms with Crippen molar-refractivity contribution in [1.82, 2.24) is 9.80 Å². The quantitative estimate of drug-likeness (QED) is 0.824. The lowest BCUT2D eigenvalue weighted by Gasteiger charge is -2.33. The number of likely N-dealkylation sites (N-methyl/N-ethyl adjacent to an activating group) is 2. The molecule has 0 aromatic heterocycles. The normalized spacial score (nSPS) is 23.1. The van der Waals surface area contributed by atoms with E-state index in [1.54, 1.807) is 0 Å². The highest BCUT2D eigenvalue weighted by atomic mass is 16.2. The molecule has 1 heterocycles. The zero-order valence-electron chi connectivity index (χ0n) is 12.6. The van der Waals surface area contributed by atoms with E-state index in [0.29, 0.717) is 6.04 Å². The van der Waals surface area contributed by atoms with Gasteiger partial charge in [-0.1, -0.05) is 27.7 Å². The largest absolute Gasteiger partial charge is 0.343 e. The van der Waals surface area contributed by atoms with Crippen LogP contribution in [0.15, 0.2) is 0 Å². The summed E-state index contributed by atoms with van der Waals surface area (Å²) in [5.41, 5.74) is 5.86. The molecule has 0 saturated carbocycles. The third kappa shape index (κ3) is 3.69. The Hall–Kier alpha value is -0.610. The highest BCUT2D eigenvalue weighted by molar-refractivity contribution is 5.82. The van der Waals surface area contributed by atoms with Crippen LogP contribution in [0.3, 0.4) is 0 Å². The highest BCUT2D eigenvalue weighted by Gasteiger charge is 2.32. The van der Waals surface area contributed by atoms with Crippen molar-refractivity contribution < 1.29 is 4.79 Å². The van der Waals surface area contributed by atoms with Crippen molar-refractivity contribution in [3.05, 3.63) is 0 Å². The van der Waals surface area contributed by atoms with Crippen molar-refractivity contribution in [1.29, 1.82) is 0 Å². The molecule has 1 fully saturated rings. The van der Waals surface area contributed by atoms with E-state index in [1.165, 1.54) is 12.8 Å². The summed E-state index contributed by atoms with van der Waals surface area (Å²) in [5, 5.41) is 0. The Kier molecular flexibility index (Phi) is 5.17. The third-order valence-electron chi connectivity index (χ3n) is 3.97. The van der Waals surface area contributed by atoms with Crippen LogP contribution < -0.4 is 5.73 Å². The zero-order valence-corrected chi connectivity index (χ0v) is 12.6. The molecular weight excluding hydrogens is 226 g/mol. The molecule has 0 bridgehead atoms. The SMILES string of the molecule is CCN1CCCC1CN(C)C(=O)[C@H](N)C(C)(C)C. The Labute approximate surface area is 111 Å². The Morgan fingerprint density at radius 1 is 1.50 bits per heavy atom. The molecule has 1 saturated heterocycles. The maximum atomic E-state index is 12.3. The van der Waals surface area contributed by atoms with Gasteiger partial charge in [-0.25, -0.2) is 0 Å². The molecule has 1 aliphatic rings. The van der Waals surface area contributed by atoms with Crippen molar-refractivity contribution in [2.24, 2.45) is 11.1 Å². The summed E-state index contributed by atoms with van der Waals surface area (Å²) >= 11 is 0. The minimum atomic E-state index is -0.418. The minimum Gasteiger partial charge on any atom is -0.343 e. The molecule has 1 rings (SSSR count). The van der Waals surface area contributed by atoms with Crippen molar-refractivity contribution in [2.45, 2.75) is 52.6 Å². The van der Waals surface area contributed by atoms with Crippen LogP contribution in [0.1, 0.15) is 40.5 Å². The predicted molar refractivity (Wildman–Crippen MR) is 75.3 cm³/mol. The fraction of sp³-hybridized carbons (Fsp3) is 0.929. The topological polar surface area (TPSA) is 49.6 Å². The second-order valence-electron chi connectivity index (χ2n) is 6.49. The van der Waals surface area contributed by atoms with Crippen LogP contribution in [0, 0.1) is 5.41 Å². The van der Waals surface area contributed by atoms with E-state index < -0.39 is 6.04 Å². The molecule has 2 atom stereocenters. The van der Waals surface area contributed by atoms with Crippen LogP contribution in [0.2, 0.25) is 0 Å². The molecule has 4 heteroatoms. The number of nitrogens with two attached hydrogens (primary N) is 1. The molecule has 1 aliphatic heterocycles. The Balaban J connectivity index is 2.54. The van der Waals surface area contributed by atoms with Gasteiger partial charge in [-0.15, -0.1) is 0 Å². The molecule has 0 aromatic rings. The number of nitrogens with zero attached hydrogens (tertiary/aromatic N) is 2. The first-order valence-electron chi connectivity index (χ1n) is 7.02. The van der Waals surface area contributed by atoms with Crippen molar-refractivity contribution >= 4 is 5.91 Å². The molecule has 106 valence electrons. The summed E-state index contributed by atoms with van der Waals surface area (Å²) in [6.07, 6.45) is 2.43. The Bertz CT molecular complexity index is 285. The molecule has 0 radical (unpaired) electrons. The van der Waals surface area contributed by atoms with E-state index in [2.05, 4.69) is 11.8 Å². The van der Waals surface area contributed by atoms with E-state index in [-0.39, 0.29) is 11.3 Å². The Morgan fingerprint density at radius 3 is 2.61 bits per heavy atom. The predicted octanol–water partition coefficient (Wildman–Crippen LogP) is 1.30. The number of carbonyl (C=O) groups excluding carboxylic acids is 1. The molecule has 0 spiro atoms. The first kappa shape index (κ1) is 15.4. The second kappa shape index (κ2) is 6.02. The fourth-order valence-electron chi connectivity index (χ4n) is 2.53. The van der Waals surface area contributed by atoms with Crippen LogP contribution in [0.4, 0.5) is 0 Å². The molecule has 0 aliphatic carbocycles. The maximum absolute atomic E-state index is 12.3. The van der Waals surface area contributed by atoms with Gasteiger partial charge in [0, 0.05) is 19.6 Å². The van der Waals surface area contributed by atoms with Gasteiger partial charge in [0.1, 0.15) is 0 Å². The summed E-state index contributed by atoms with van der Waals surface area (Å²) < 4.78 is 0. The van der Waals surface area contributed by atoms with E-state index in [9.17, 15) is 4.79 Å². The average molecular weight is 255 g/mol.